The van der Waals surface area contributed by atoms with Gasteiger partial charge in [-0.25, -0.2) is 0 Å². The van der Waals surface area contributed by atoms with Gasteiger partial charge in [-0.05, 0) is 31.0 Å². The minimum atomic E-state index is -4.44. The Balaban J connectivity index is 2.37. The average molecular weight is 302 g/mol. The van der Waals surface area contributed by atoms with Crippen LogP contribution in [0.4, 0.5) is 18.9 Å². The Morgan fingerprint density at radius 2 is 1.90 bits per heavy atom. The summed E-state index contributed by atoms with van der Waals surface area (Å²) < 4.78 is 38.7. The van der Waals surface area contributed by atoms with Gasteiger partial charge in [0.1, 0.15) is 4.99 Å². The number of hydrogen-bond donors (Lipinski definition) is 1. The smallest absolute Gasteiger partial charge is 0.389 e. The summed E-state index contributed by atoms with van der Waals surface area (Å²) in [5.74, 6) is 0. The Kier molecular flexibility index (Phi) is 4.22. The molecule has 20 heavy (non-hydrogen) atoms. The number of alkyl halides is 3. The van der Waals surface area contributed by atoms with Crippen LogP contribution in [-0.2, 0) is 6.18 Å². The molecule has 2 nitrogen and oxygen atoms in total. The number of nitrogens with two attached hydrogens (primary N) is 1. The van der Waals surface area contributed by atoms with E-state index in [1.807, 2.05) is 11.9 Å². The highest BCUT2D eigenvalue weighted by Gasteiger charge is 2.34. The second-order valence-corrected chi connectivity index (χ2v) is 5.58. The lowest BCUT2D eigenvalue weighted by Crippen LogP contribution is -2.29. The number of nitrogens with zero attached hydrogens (tertiary/aromatic N) is 1. The van der Waals surface area contributed by atoms with E-state index in [0.717, 1.165) is 37.4 Å². The zero-order chi connectivity index (χ0) is 14.9. The first-order valence-corrected chi connectivity index (χ1v) is 6.95. The van der Waals surface area contributed by atoms with Crippen molar-refractivity contribution in [2.24, 2.45) is 5.73 Å². The molecule has 0 atom stereocenters. The molecule has 0 spiro atoms. The SMILES string of the molecule is CN(c1ccc(C(F)(F)F)c(C(N)=S)c1)C1CCCC1. The van der Waals surface area contributed by atoms with Gasteiger partial charge in [0.05, 0.1) is 5.56 Å². The van der Waals surface area contributed by atoms with Crippen molar-refractivity contribution in [3.63, 3.8) is 0 Å². The lowest BCUT2D eigenvalue weighted by atomic mass is 10.0. The van der Waals surface area contributed by atoms with Gasteiger partial charge >= 0.3 is 6.18 Å². The van der Waals surface area contributed by atoms with Gasteiger partial charge in [-0.2, -0.15) is 13.2 Å². The third kappa shape index (κ3) is 3.06. The van der Waals surface area contributed by atoms with Gasteiger partial charge in [-0.3, -0.25) is 0 Å². The third-order valence-corrected chi connectivity index (χ3v) is 4.07. The minimum absolute atomic E-state index is 0.102. The van der Waals surface area contributed by atoms with E-state index in [4.69, 9.17) is 18.0 Å². The maximum absolute atomic E-state index is 12.9. The summed E-state index contributed by atoms with van der Waals surface area (Å²) in [7, 11) is 1.90. The molecule has 1 aliphatic carbocycles. The average Bonchev–Trinajstić information content (AvgIpc) is 2.89. The lowest BCUT2D eigenvalue weighted by Gasteiger charge is -2.27. The van der Waals surface area contributed by atoms with Gasteiger partial charge in [-0.15, -0.1) is 0 Å². The van der Waals surface area contributed by atoms with Gasteiger partial charge in [-0.1, -0.05) is 25.1 Å². The molecule has 0 unspecified atom stereocenters. The van der Waals surface area contributed by atoms with Crippen LogP contribution < -0.4 is 10.6 Å². The standard InChI is InChI=1S/C14H17F3N2S/c1-19(9-4-2-3-5-9)10-6-7-12(14(15,16)17)11(8-10)13(18)20/h6-9H,2-5H2,1H3,(H2,18,20). The van der Waals surface area contributed by atoms with E-state index in [9.17, 15) is 13.2 Å². The summed E-state index contributed by atoms with van der Waals surface area (Å²) in [6, 6.07) is 4.38. The van der Waals surface area contributed by atoms with Crippen molar-refractivity contribution in [2.75, 3.05) is 11.9 Å². The molecule has 2 rings (SSSR count). The summed E-state index contributed by atoms with van der Waals surface area (Å²) in [5, 5.41) is 0. The van der Waals surface area contributed by atoms with Gasteiger partial charge in [0, 0.05) is 24.3 Å². The topological polar surface area (TPSA) is 29.3 Å². The zero-order valence-electron chi connectivity index (χ0n) is 11.2. The molecule has 0 bridgehead atoms. The van der Waals surface area contributed by atoms with Crippen LogP contribution in [0.15, 0.2) is 18.2 Å². The van der Waals surface area contributed by atoms with E-state index in [-0.39, 0.29) is 10.6 Å². The largest absolute Gasteiger partial charge is 0.417 e. The highest BCUT2D eigenvalue weighted by molar-refractivity contribution is 7.80. The maximum atomic E-state index is 12.9. The molecule has 0 radical (unpaired) electrons. The molecular weight excluding hydrogens is 285 g/mol. The zero-order valence-corrected chi connectivity index (χ0v) is 12.0. The van der Waals surface area contributed by atoms with E-state index >= 15 is 0 Å². The molecule has 110 valence electrons. The van der Waals surface area contributed by atoms with E-state index in [1.54, 1.807) is 0 Å². The second kappa shape index (κ2) is 5.60. The van der Waals surface area contributed by atoms with Crippen molar-refractivity contribution < 1.29 is 13.2 Å². The van der Waals surface area contributed by atoms with Crippen LogP contribution in [0.1, 0.15) is 36.8 Å². The van der Waals surface area contributed by atoms with Crippen LogP contribution in [0.2, 0.25) is 0 Å². The Labute approximate surface area is 121 Å². The Bertz CT molecular complexity index is 508. The Hall–Kier alpha value is -1.30. The number of hydrogen-bond acceptors (Lipinski definition) is 2. The van der Waals surface area contributed by atoms with E-state index in [1.165, 1.54) is 12.1 Å². The first-order chi connectivity index (χ1) is 9.30. The Morgan fingerprint density at radius 3 is 2.40 bits per heavy atom. The summed E-state index contributed by atoms with van der Waals surface area (Å²) in [6.07, 6.45) is 0.0265. The van der Waals surface area contributed by atoms with Crippen molar-refractivity contribution in [1.82, 2.24) is 0 Å². The molecule has 1 aromatic rings. The van der Waals surface area contributed by atoms with Gasteiger partial charge in [0.15, 0.2) is 0 Å². The van der Waals surface area contributed by atoms with E-state index in [2.05, 4.69) is 0 Å². The quantitative estimate of drug-likeness (QED) is 0.863. The summed E-state index contributed by atoms with van der Waals surface area (Å²) in [4.78, 5) is 1.80. The summed E-state index contributed by atoms with van der Waals surface area (Å²) in [6.45, 7) is 0. The van der Waals surface area contributed by atoms with E-state index in [0.29, 0.717) is 6.04 Å². The van der Waals surface area contributed by atoms with Gasteiger partial charge in [0.25, 0.3) is 0 Å². The molecule has 6 heteroatoms. The fraction of sp³-hybridized carbons (Fsp3) is 0.500. The van der Waals surface area contributed by atoms with E-state index < -0.39 is 11.7 Å². The first kappa shape index (κ1) is 15.1. The lowest BCUT2D eigenvalue weighted by molar-refractivity contribution is -0.137. The van der Waals surface area contributed by atoms with Gasteiger partial charge < -0.3 is 10.6 Å². The fourth-order valence-corrected chi connectivity index (χ4v) is 2.87. The highest BCUT2D eigenvalue weighted by Crippen LogP contribution is 2.35. The number of anilines is 1. The molecule has 0 heterocycles. The summed E-state index contributed by atoms with van der Waals surface area (Å²) >= 11 is 4.76. The van der Waals surface area contributed by atoms with Crippen LogP contribution in [-0.4, -0.2) is 18.1 Å². The van der Waals surface area contributed by atoms with Crippen molar-refractivity contribution in [1.29, 1.82) is 0 Å². The number of benzene rings is 1. The first-order valence-electron chi connectivity index (χ1n) is 6.54. The van der Waals surface area contributed by atoms with Crippen molar-refractivity contribution in [3.8, 4) is 0 Å². The molecule has 0 saturated heterocycles. The normalized spacial score (nSPS) is 16.4. The highest BCUT2D eigenvalue weighted by atomic mass is 32.1. The molecule has 0 aromatic heterocycles. The van der Waals surface area contributed by atoms with Gasteiger partial charge in [0.2, 0.25) is 0 Å². The molecule has 1 fully saturated rings. The van der Waals surface area contributed by atoms with Crippen molar-refractivity contribution in [3.05, 3.63) is 29.3 Å². The van der Waals surface area contributed by atoms with Crippen LogP contribution >= 0.6 is 12.2 Å². The predicted molar refractivity (Wildman–Crippen MR) is 78.0 cm³/mol. The maximum Gasteiger partial charge on any atom is 0.417 e. The minimum Gasteiger partial charge on any atom is -0.389 e. The molecular formula is C14H17F3N2S. The predicted octanol–water partition coefficient (Wildman–Crippen LogP) is 3.72. The van der Waals surface area contributed by atoms with Crippen LogP contribution in [0, 0.1) is 0 Å². The van der Waals surface area contributed by atoms with Crippen molar-refractivity contribution in [2.45, 2.75) is 37.9 Å². The monoisotopic (exact) mass is 302 g/mol. The third-order valence-electron chi connectivity index (χ3n) is 3.85. The van der Waals surface area contributed by atoms with Crippen LogP contribution in [0.5, 0.6) is 0 Å². The molecule has 1 aromatic carbocycles. The Morgan fingerprint density at radius 1 is 1.30 bits per heavy atom. The summed E-state index contributed by atoms with van der Waals surface area (Å²) in [5.41, 5.74) is 5.30. The van der Waals surface area contributed by atoms with Crippen LogP contribution in [0.3, 0.4) is 0 Å². The molecule has 0 aliphatic heterocycles. The number of halogens is 3. The molecule has 2 N–H and O–H groups in total. The number of rotatable bonds is 3. The molecule has 1 saturated carbocycles. The molecule has 1 aliphatic rings. The van der Waals surface area contributed by atoms with Crippen LogP contribution in [0.25, 0.3) is 0 Å². The second-order valence-electron chi connectivity index (χ2n) is 5.14. The number of thiocarbonyl (C=S) groups is 1. The fourth-order valence-electron chi connectivity index (χ4n) is 2.71. The molecule has 0 amide bonds. The van der Waals surface area contributed by atoms with Crippen molar-refractivity contribution >= 4 is 22.9 Å².